The highest BCUT2D eigenvalue weighted by Gasteiger charge is 2.11. The molecule has 0 unspecified atom stereocenters. The maximum Gasteiger partial charge on any atom is 0.191 e. The minimum atomic E-state index is 0.482. The lowest BCUT2D eigenvalue weighted by atomic mass is 10.1. The van der Waals surface area contributed by atoms with Crippen LogP contribution in [0.25, 0.3) is 0 Å². The van der Waals surface area contributed by atoms with Crippen molar-refractivity contribution in [2.45, 2.75) is 44.6 Å². The van der Waals surface area contributed by atoms with Crippen molar-refractivity contribution in [1.82, 2.24) is 10.6 Å². The number of ether oxygens (including phenoxy) is 1. The fourth-order valence-corrected chi connectivity index (χ4v) is 2.60. The van der Waals surface area contributed by atoms with Crippen molar-refractivity contribution < 1.29 is 4.74 Å². The Kier molecular flexibility index (Phi) is 9.99. The van der Waals surface area contributed by atoms with Gasteiger partial charge in [-0.2, -0.15) is 11.8 Å². The molecule has 0 amide bonds. The number of thioether (sulfide) groups is 1. The molecule has 0 spiro atoms. The van der Waals surface area contributed by atoms with Crippen LogP contribution in [0.4, 0.5) is 0 Å². The molecular weight excluding hydrogens is 258 g/mol. The summed E-state index contributed by atoms with van der Waals surface area (Å²) < 4.78 is 5.93. The van der Waals surface area contributed by atoms with Gasteiger partial charge in [0, 0.05) is 25.9 Å². The maximum absolute atomic E-state index is 5.93. The molecule has 0 saturated heterocycles. The van der Waals surface area contributed by atoms with Gasteiger partial charge < -0.3 is 15.4 Å². The Labute approximate surface area is 122 Å². The second-order valence-corrected chi connectivity index (χ2v) is 5.89. The molecule has 1 aliphatic rings. The highest BCUT2D eigenvalue weighted by Crippen LogP contribution is 2.19. The first-order valence-corrected chi connectivity index (χ1v) is 8.81. The summed E-state index contributed by atoms with van der Waals surface area (Å²) in [6.45, 7) is 2.55. The van der Waals surface area contributed by atoms with Crippen molar-refractivity contribution in [1.29, 1.82) is 0 Å². The van der Waals surface area contributed by atoms with Crippen LogP contribution >= 0.6 is 11.8 Å². The van der Waals surface area contributed by atoms with Gasteiger partial charge in [-0.3, -0.25) is 4.99 Å². The van der Waals surface area contributed by atoms with Crippen LogP contribution in [0.2, 0.25) is 0 Å². The zero-order chi connectivity index (χ0) is 13.8. The van der Waals surface area contributed by atoms with Gasteiger partial charge in [0.25, 0.3) is 0 Å². The fraction of sp³-hybridized carbons (Fsp3) is 0.929. The zero-order valence-electron chi connectivity index (χ0n) is 12.4. The Balaban J connectivity index is 2.04. The molecule has 0 aromatic heterocycles. The lowest BCUT2D eigenvalue weighted by molar-refractivity contribution is 0.0468. The number of guanidine groups is 1. The molecule has 0 bridgehead atoms. The van der Waals surface area contributed by atoms with Crippen molar-refractivity contribution in [2.24, 2.45) is 4.99 Å². The lowest BCUT2D eigenvalue weighted by Gasteiger charge is -2.16. The molecule has 0 atom stereocenters. The summed E-state index contributed by atoms with van der Waals surface area (Å²) >= 11 is 1.83. The average Bonchev–Trinajstić information content (AvgIpc) is 2.70. The summed E-state index contributed by atoms with van der Waals surface area (Å²) in [5.41, 5.74) is 0. The Bertz CT molecular complexity index is 241. The van der Waals surface area contributed by atoms with E-state index in [1.165, 1.54) is 38.5 Å². The van der Waals surface area contributed by atoms with Crippen LogP contribution in [0.3, 0.4) is 0 Å². The third-order valence-corrected chi connectivity index (χ3v) is 3.98. The molecule has 112 valence electrons. The number of hydrogen-bond acceptors (Lipinski definition) is 3. The second kappa shape index (κ2) is 11.4. The van der Waals surface area contributed by atoms with Crippen molar-refractivity contribution >= 4 is 17.7 Å². The first-order valence-electron chi connectivity index (χ1n) is 7.42. The van der Waals surface area contributed by atoms with Crippen LogP contribution in [0, 0.1) is 0 Å². The van der Waals surface area contributed by atoms with Crippen LogP contribution in [0.1, 0.15) is 38.5 Å². The largest absolute Gasteiger partial charge is 0.376 e. The van der Waals surface area contributed by atoms with Gasteiger partial charge in [-0.15, -0.1) is 0 Å². The molecule has 5 heteroatoms. The highest BCUT2D eigenvalue weighted by molar-refractivity contribution is 7.98. The van der Waals surface area contributed by atoms with E-state index in [2.05, 4.69) is 21.9 Å². The molecule has 1 saturated carbocycles. The van der Waals surface area contributed by atoms with E-state index in [0.29, 0.717) is 6.10 Å². The predicted molar refractivity (Wildman–Crippen MR) is 85.2 cm³/mol. The molecule has 1 aliphatic carbocycles. The topological polar surface area (TPSA) is 45.7 Å². The standard InChI is InChI=1S/C14H29N3OS/c1-15-14(17-10-12-19-2)16-9-11-18-13-7-5-3-4-6-8-13/h13H,3-12H2,1-2H3,(H2,15,16,17). The normalized spacial score (nSPS) is 18.1. The van der Waals surface area contributed by atoms with Gasteiger partial charge in [-0.05, 0) is 19.1 Å². The van der Waals surface area contributed by atoms with Crippen molar-refractivity contribution in [3.8, 4) is 0 Å². The summed E-state index contributed by atoms with van der Waals surface area (Å²) in [5, 5.41) is 6.57. The van der Waals surface area contributed by atoms with Crippen LogP contribution in [-0.2, 0) is 4.74 Å². The SMILES string of the molecule is CN=C(NCCOC1CCCCCC1)NCCSC. The van der Waals surface area contributed by atoms with Crippen LogP contribution in [0.15, 0.2) is 4.99 Å². The van der Waals surface area contributed by atoms with Gasteiger partial charge in [0.05, 0.1) is 12.7 Å². The monoisotopic (exact) mass is 287 g/mol. The molecule has 1 rings (SSSR count). The Hall–Kier alpha value is -0.420. The number of nitrogens with one attached hydrogen (secondary N) is 2. The minimum Gasteiger partial charge on any atom is -0.376 e. The molecule has 1 fully saturated rings. The number of hydrogen-bond donors (Lipinski definition) is 2. The zero-order valence-corrected chi connectivity index (χ0v) is 13.2. The van der Waals surface area contributed by atoms with E-state index in [-0.39, 0.29) is 0 Å². The van der Waals surface area contributed by atoms with Gasteiger partial charge in [-0.25, -0.2) is 0 Å². The van der Waals surface area contributed by atoms with Gasteiger partial charge in [0.1, 0.15) is 0 Å². The average molecular weight is 287 g/mol. The van der Waals surface area contributed by atoms with E-state index in [9.17, 15) is 0 Å². The molecule has 2 N–H and O–H groups in total. The quantitative estimate of drug-likeness (QED) is 0.326. The molecule has 19 heavy (non-hydrogen) atoms. The fourth-order valence-electron chi connectivity index (χ4n) is 2.30. The van der Waals surface area contributed by atoms with Gasteiger partial charge in [0.2, 0.25) is 0 Å². The van der Waals surface area contributed by atoms with Crippen molar-refractivity contribution in [2.75, 3.05) is 38.8 Å². The first kappa shape index (κ1) is 16.6. The molecule has 0 aliphatic heterocycles. The smallest absolute Gasteiger partial charge is 0.191 e. The molecule has 0 radical (unpaired) electrons. The summed E-state index contributed by atoms with van der Waals surface area (Å²) in [5.74, 6) is 1.97. The number of nitrogens with zero attached hydrogens (tertiary/aromatic N) is 1. The third-order valence-electron chi connectivity index (χ3n) is 3.37. The molecule has 0 heterocycles. The molecule has 4 nitrogen and oxygen atoms in total. The Morgan fingerprint density at radius 3 is 2.47 bits per heavy atom. The van der Waals surface area contributed by atoms with Gasteiger partial charge in [-0.1, -0.05) is 25.7 Å². The Morgan fingerprint density at radius 1 is 1.16 bits per heavy atom. The van der Waals surface area contributed by atoms with Gasteiger partial charge >= 0.3 is 0 Å². The summed E-state index contributed by atoms with van der Waals surface area (Å²) in [4.78, 5) is 4.19. The van der Waals surface area contributed by atoms with Gasteiger partial charge in [0.15, 0.2) is 5.96 Å². The molecular formula is C14H29N3OS. The minimum absolute atomic E-state index is 0.482. The number of rotatable bonds is 7. The summed E-state index contributed by atoms with van der Waals surface area (Å²) in [6.07, 6.45) is 10.5. The van der Waals surface area contributed by atoms with Crippen molar-refractivity contribution in [3.63, 3.8) is 0 Å². The van der Waals surface area contributed by atoms with Crippen LogP contribution in [-0.4, -0.2) is 50.8 Å². The summed E-state index contributed by atoms with van der Waals surface area (Å²) in [6, 6.07) is 0. The summed E-state index contributed by atoms with van der Waals surface area (Å²) in [7, 11) is 1.81. The van der Waals surface area contributed by atoms with E-state index in [1.54, 1.807) is 7.05 Å². The molecule has 0 aromatic rings. The van der Waals surface area contributed by atoms with E-state index < -0.39 is 0 Å². The van der Waals surface area contributed by atoms with E-state index in [4.69, 9.17) is 4.74 Å². The molecule has 0 aromatic carbocycles. The Morgan fingerprint density at radius 2 is 1.84 bits per heavy atom. The van der Waals surface area contributed by atoms with E-state index in [0.717, 1.165) is 31.4 Å². The maximum atomic E-state index is 5.93. The van der Waals surface area contributed by atoms with E-state index in [1.807, 2.05) is 11.8 Å². The second-order valence-electron chi connectivity index (χ2n) is 4.90. The van der Waals surface area contributed by atoms with Crippen molar-refractivity contribution in [3.05, 3.63) is 0 Å². The third kappa shape index (κ3) is 8.37. The van der Waals surface area contributed by atoms with Crippen LogP contribution < -0.4 is 10.6 Å². The lowest BCUT2D eigenvalue weighted by Crippen LogP contribution is -2.40. The first-order chi connectivity index (χ1) is 9.36. The highest BCUT2D eigenvalue weighted by atomic mass is 32.2. The predicted octanol–water partition coefficient (Wildman–Crippen LogP) is 2.25. The van der Waals surface area contributed by atoms with E-state index >= 15 is 0 Å². The number of aliphatic imine (C=N–C) groups is 1. The van der Waals surface area contributed by atoms with Crippen LogP contribution in [0.5, 0.6) is 0 Å².